The molecule has 4 aromatic rings. The van der Waals surface area contributed by atoms with Crippen molar-refractivity contribution in [1.82, 2.24) is 10.5 Å². The number of carbonyl (C=O) groups is 2. The number of allylic oxidation sites excluding steroid dienone is 2. The van der Waals surface area contributed by atoms with Gasteiger partial charge in [0.15, 0.2) is 0 Å². The molecule has 6 rings (SSSR count). The number of amides is 2. The van der Waals surface area contributed by atoms with Crippen LogP contribution in [0.4, 0.5) is 26.3 Å². The van der Waals surface area contributed by atoms with Gasteiger partial charge in [-0.25, -0.2) is 0 Å². The summed E-state index contributed by atoms with van der Waals surface area (Å²) in [5.41, 5.74) is 2.37. The molecule has 0 bridgehead atoms. The van der Waals surface area contributed by atoms with Crippen LogP contribution in [0, 0.1) is 11.8 Å². The van der Waals surface area contributed by atoms with Crippen LogP contribution in [0.5, 0.6) is 0 Å². The summed E-state index contributed by atoms with van der Waals surface area (Å²) in [6, 6.07) is 20.8. The van der Waals surface area contributed by atoms with E-state index in [2.05, 4.69) is 10.5 Å². The van der Waals surface area contributed by atoms with Crippen molar-refractivity contribution in [2.75, 3.05) is 0 Å². The van der Waals surface area contributed by atoms with E-state index in [1.807, 2.05) is 39.8 Å². The SMILES string of the molecule is CCC(=O)N[B](NC(=O)CC)[Zr]([Cl])([Cl])([CH]1C(C(C)C)=Cc2c(-c3ccccc3C(F)(F)F)cccc21)[CH]1C(C(C)C)=Cc2c(-c3ccccc3C(F)(F)F)cccc21. The number of benzene rings is 4. The molecule has 14 heteroatoms. The van der Waals surface area contributed by atoms with Gasteiger partial charge in [0.2, 0.25) is 0 Å². The van der Waals surface area contributed by atoms with E-state index < -0.39 is 63.2 Å². The fourth-order valence-electron chi connectivity index (χ4n) is 8.82. The zero-order chi connectivity index (χ0) is 42.6. The van der Waals surface area contributed by atoms with Gasteiger partial charge in [-0.1, -0.05) is 0 Å². The van der Waals surface area contributed by atoms with Gasteiger partial charge in [0, 0.05) is 0 Å². The minimum absolute atomic E-state index is 0.0105. The molecule has 0 heterocycles. The second-order valence-corrected chi connectivity index (χ2v) is 37.1. The number of carbonyl (C=O) groups excluding carboxylic acids is 2. The number of hydrogen-bond acceptors (Lipinski definition) is 2. The summed E-state index contributed by atoms with van der Waals surface area (Å²) < 4.78 is 84.1. The topological polar surface area (TPSA) is 58.2 Å². The number of halogens is 8. The van der Waals surface area contributed by atoms with Crippen molar-refractivity contribution in [3.63, 3.8) is 0 Å². The summed E-state index contributed by atoms with van der Waals surface area (Å²) in [5, 5.41) is 6.01. The predicted molar refractivity (Wildman–Crippen MR) is 219 cm³/mol. The van der Waals surface area contributed by atoms with E-state index in [9.17, 15) is 35.9 Å². The van der Waals surface area contributed by atoms with E-state index in [1.165, 1.54) is 36.4 Å². The average Bonchev–Trinajstić information content (AvgIpc) is 3.79. The fraction of sp³-hybridized carbons (Fsp3) is 0.318. The first-order chi connectivity index (χ1) is 27.1. The molecule has 2 N–H and O–H groups in total. The average molecular weight is 920 g/mol. The Morgan fingerprint density at radius 3 is 1.28 bits per heavy atom. The van der Waals surface area contributed by atoms with E-state index in [1.54, 1.807) is 50.2 Å². The van der Waals surface area contributed by atoms with Crippen molar-refractivity contribution in [3.8, 4) is 22.3 Å². The van der Waals surface area contributed by atoms with Crippen LogP contribution in [0.1, 0.15) is 95.0 Å². The Morgan fingerprint density at radius 2 is 0.948 bits per heavy atom. The molecule has 0 fully saturated rings. The molecule has 4 nitrogen and oxygen atoms in total. The van der Waals surface area contributed by atoms with Crippen molar-refractivity contribution in [3.05, 3.63) is 129 Å². The molecular formula is C44H44BCl2F6N2O2Zr. The summed E-state index contributed by atoms with van der Waals surface area (Å²) in [5.74, 6) is -1.47. The Bertz CT molecular complexity index is 2180. The number of fused-ring (bicyclic) bond motifs is 2. The van der Waals surface area contributed by atoms with Gasteiger partial charge >= 0.3 is 346 Å². The third kappa shape index (κ3) is 7.67. The van der Waals surface area contributed by atoms with E-state index in [0.717, 1.165) is 12.1 Å². The Morgan fingerprint density at radius 1 is 0.603 bits per heavy atom. The van der Waals surface area contributed by atoms with Gasteiger partial charge in [-0.15, -0.1) is 0 Å². The van der Waals surface area contributed by atoms with Gasteiger partial charge in [-0.05, 0) is 0 Å². The second-order valence-electron chi connectivity index (χ2n) is 15.7. The molecule has 2 unspecified atom stereocenters. The van der Waals surface area contributed by atoms with Crippen LogP contribution in [0.15, 0.2) is 96.1 Å². The van der Waals surface area contributed by atoms with Gasteiger partial charge in [0.25, 0.3) is 0 Å². The summed E-state index contributed by atoms with van der Waals surface area (Å²) in [4.78, 5) is 27.2. The first kappa shape index (κ1) is 44.0. The Kier molecular flexibility index (Phi) is 12.2. The van der Waals surface area contributed by atoms with Gasteiger partial charge in [0.1, 0.15) is 0 Å². The summed E-state index contributed by atoms with van der Waals surface area (Å²) >= 11 is -6.54. The summed E-state index contributed by atoms with van der Waals surface area (Å²) in [6.07, 6.45) is -5.63. The van der Waals surface area contributed by atoms with Gasteiger partial charge in [0.05, 0.1) is 0 Å². The molecule has 2 aliphatic carbocycles. The van der Waals surface area contributed by atoms with E-state index in [0.29, 0.717) is 44.5 Å². The van der Waals surface area contributed by atoms with E-state index in [4.69, 9.17) is 17.0 Å². The summed E-state index contributed by atoms with van der Waals surface area (Å²) in [7, 11) is 17.2. The quantitative estimate of drug-likeness (QED) is 0.116. The second kappa shape index (κ2) is 16.1. The molecule has 0 saturated heterocycles. The maximum absolute atomic E-state index is 14.5. The van der Waals surface area contributed by atoms with Crippen molar-refractivity contribution >= 4 is 45.5 Å². The van der Waals surface area contributed by atoms with Crippen LogP contribution < -0.4 is 10.5 Å². The molecule has 0 aliphatic heterocycles. The molecule has 2 atom stereocenters. The monoisotopic (exact) mass is 917 g/mol. The van der Waals surface area contributed by atoms with Crippen molar-refractivity contribution in [1.29, 1.82) is 0 Å². The predicted octanol–water partition coefficient (Wildman–Crippen LogP) is 13.0. The van der Waals surface area contributed by atoms with Crippen LogP contribution in [0.3, 0.4) is 0 Å². The van der Waals surface area contributed by atoms with Crippen LogP contribution >= 0.6 is 17.0 Å². The molecule has 0 spiro atoms. The normalized spacial score (nSPS) is 17.3. The third-order valence-electron chi connectivity index (χ3n) is 11.5. The van der Waals surface area contributed by atoms with E-state index in [-0.39, 0.29) is 35.8 Å². The van der Waals surface area contributed by atoms with Crippen molar-refractivity contribution < 1.29 is 52.1 Å². The Balaban J connectivity index is 1.74. The summed E-state index contributed by atoms with van der Waals surface area (Å²) in [6.45, 7) is 11.0. The molecule has 0 aromatic heterocycles. The fourth-order valence-corrected chi connectivity index (χ4v) is 29.8. The van der Waals surface area contributed by atoms with Gasteiger partial charge in [-0.2, -0.15) is 0 Å². The minimum atomic E-state index is -6.54. The standard InChI is InChI=1S/2C19H16F3.C6H11BN2O2.2ClH.Zr/c2*1-12(2)14-10-13-6-5-8-15(17(13)11-14)16-7-3-4-9-18(16)19(20,21)22;1-3-5(10)8-7-9-6(11)4-2;;;/h2*3-12H,1-2H3;3-4H2,1-2H3,(H-,8,9,10,11);2*1H;/q;;;;;+1/p-1. The van der Waals surface area contributed by atoms with Gasteiger partial charge < -0.3 is 0 Å². The molecular weight excluding hydrogens is 875 g/mol. The zero-order valence-corrected chi connectivity index (χ0v) is 36.8. The number of nitrogens with one attached hydrogen (secondary N) is 2. The van der Waals surface area contributed by atoms with Crippen molar-refractivity contribution in [2.24, 2.45) is 11.8 Å². The third-order valence-corrected chi connectivity index (χ3v) is 31.2. The van der Waals surface area contributed by atoms with E-state index >= 15 is 0 Å². The number of hydrogen-bond donors (Lipinski definition) is 2. The van der Waals surface area contributed by atoms with Gasteiger partial charge in [-0.3, -0.25) is 0 Å². The van der Waals surface area contributed by atoms with Crippen molar-refractivity contribution in [2.45, 2.75) is 74.0 Å². The van der Waals surface area contributed by atoms with Crippen LogP contribution in [-0.2, 0) is 38.1 Å². The molecule has 2 amide bonds. The molecule has 305 valence electrons. The Labute approximate surface area is 343 Å². The van der Waals surface area contributed by atoms with Crippen LogP contribution in [0.25, 0.3) is 34.4 Å². The first-order valence-corrected chi connectivity index (χ1v) is 29.9. The molecule has 2 aliphatic rings. The molecule has 58 heavy (non-hydrogen) atoms. The first-order valence-electron chi connectivity index (χ1n) is 19.3. The number of alkyl halides is 6. The van der Waals surface area contributed by atoms with Crippen LogP contribution in [-0.4, -0.2) is 16.3 Å². The number of rotatable bonds is 11. The van der Waals surface area contributed by atoms with Crippen LogP contribution in [0.2, 0.25) is 0 Å². The zero-order valence-electron chi connectivity index (χ0n) is 32.9. The maximum atomic E-state index is 14.5. The molecule has 0 radical (unpaired) electrons. The molecule has 4 aromatic carbocycles. The molecule has 0 saturated carbocycles. The Hall–Kier alpha value is -3.59.